The highest BCUT2D eigenvalue weighted by Crippen LogP contribution is 2.31. The quantitative estimate of drug-likeness (QED) is 0.360. The van der Waals surface area contributed by atoms with E-state index in [-0.39, 0.29) is 11.6 Å². The second-order valence-corrected chi connectivity index (χ2v) is 6.03. The van der Waals surface area contributed by atoms with Crippen LogP contribution in [0.2, 0.25) is 0 Å². The van der Waals surface area contributed by atoms with Gasteiger partial charge in [-0.05, 0) is 36.6 Å². The van der Waals surface area contributed by atoms with Gasteiger partial charge in [-0.25, -0.2) is 0 Å². The zero-order valence-electron chi connectivity index (χ0n) is 16.0. The lowest BCUT2D eigenvalue weighted by Gasteiger charge is -2.13. The predicted molar refractivity (Wildman–Crippen MR) is 109 cm³/mol. The number of anilines is 1. The fourth-order valence-corrected chi connectivity index (χ4v) is 2.34. The van der Waals surface area contributed by atoms with E-state index >= 15 is 0 Å². The predicted octanol–water partition coefficient (Wildman–Crippen LogP) is 4.82. The van der Waals surface area contributed by atoms with E-state index < -0.39 is 4.92 Å². The van der Waals surface area contributed by atoms with Gasteiger partial charge in [-0.3, -0.25) is 14.9 Å². The number of carbonyl (C=O) groups is 1. The van der Waals surface area contributed by atoms with Crippen molar-refractivity contribution < 1.29 is 19.2 Å². The van der Waals surface area contributed by atoms with Gasteiger partial charge in [0, 0.05) is 30.0 Å². The summed E-state index contributed by atoms with van der Waals surface area (Å²) in [6.45, 7) is 5.17. The second kappa shape index (κ2) is 10.7. The van der Waals surface area contributed by atoms with Crippen molar-refractivity contribution in [3.05, 3.63) is 64.2 Å². The highest BCUT2D eigenvalue weighted by atomic mass is 16.6. The van der Waals surface area contributed by atoms with Crippen LogP contribution in [0, 0.1) is 10.1 Å². The molecule has 0 bridgehead atoms. The minimum atomic E-state index is -0.475. The molecule has 0 unspecified atom stereocenters. The molecule has 0 heterocycles. The number of hydrogen-bond acceptors (Lipinski definition) is 5. The Labute approximate surface area is 164 Å². The van der Waals surface area contributed by atoms with E-state index in [1.165, 1.54) is 24.3 Å². The first-order chi connectivity index (χ1) is 13.5. The van der Waals surface area contributed by atoms with Gasteiger partial charge >= 0.3 is 0 Å². The Balaban J connectivity index is 2.07. The zero-order valence-corrected chi connectivity index (χ0v) is 16.0. The maximum atomic E-state index is 12.2. The molecule has 148 valence electrons. The molecule has 0 saturated heterocycles. The Morgan fingerprint density at radius 3 is 2.46 bits per heavy atom. The summed E-state index contributed by atoms with van der Waals surface area (Å²) in [5.41, 5.74) is 1.12. The number of nitro groups is 1. The second-order valence-electron chi connectivity index (χ2n) is 6.03. The molecule has 2 aromatic rings. The zero-order chi connectivity index (χ0) is 20.4. The minimum Gasteiger partial charge on any atom is -0.490 e. The van der Waals surface area contributed by atoms with E-state index in [1.54, 1.807) is 30.3 Å². The molecule has 1 N–H and O–H groups in total. The first-order valence-corrected chi connectivity index (χ1v) is 9.16. The summed E-state index contributed by atoms with van der Waals surface area (Å²) < 4.78 is 11.4. The average molecular weight is 384 g/mol. The van der Waals surface area contributed by atoms with Gasteiger partial charge in [-0.2, -0.15) is 0 Å². The average Bonchev–Trinajstić information content (AvgIpc) is 2.70. The number of non-ortho nitro benzene ring substituents is 1. The lowest BCUT2D eigenvalue weighted by molar-refractivity contribution is -0.384. The van der Waals surface area contributed by atoms with Crippen LogP contribution in [-0.4, -0.2) is 24.0 Å². The Bertz CT molecular complexity index is 848. The van der Waals surface area contributed by atoms with Crippen molar-refractivity contribution in [1.29, 1.82) is 0 Å². The summed E-state index contributed by atoms with van der Waals surface area (Å²) in [7, 11) is 0. The van der Waals surface area contributed by atoms with Crippen molar-refractivity contribution in [2.75, 3.05) is 18.5 Å². The third-order valence-corrected chi connectivity index (χ3v) is 3.64. The Hall–Kier alpha value is -3.35. The van der Waals surface area contributed by atoms with Gasteiger partial charge in [-0.15, -0.1) is 0 Å². The molecule has 0 aliphatic carbocycles. The number of nitrogens with zero attached hydrogens (tertiary/aromatic N) is 1. The van der Waals surface area contributed by atoms with Crippen LogP contribution in [0.4, 0.5) is 11.4 Å². The molecule has 0 aromatic heterocycles. The summed E-state index contributed by atoms with van der Waals surface area (Å²) in [4.78, 5) is 22.5. The molecule has 0 saturated carbocycles. The van der Waals surface area contributed by atoms with Crippen LogP contribution < -0.4 is 14.8 Å². The van der Waals surface area contributed by atoms with Crippen molar-refractivity contribution in [2.45, 2.75) is 26.7 Å². The van der Waals surface area contributed by atoms with Crippen molar-refractivity contribution in [3.63, 3.8) is 0 Å². The number of hydrogen-bond donors (Lipinski definition) is 1. The van der Waals surface area contributed by atoms with Crippen molar-refractivity contribution in [3.8, 4) is 11.5 Å². The molecule has 0 fully saturated rings. The fourth-order valence-electron chi connectivity index (χ4n) is 2.34. The van der Waals surface area contributed by atoms with Gasteiger partial charge in [0.25, 0.3) is 5.69 Å². The third-order valence-electron chi connectivity index (χ3n) is 3.64. The number of nitrogens with one attached hydrogen (secondary N) is 1. The van der Waals surface area contributed by atoms with Gasteiger partial charge in [0.05, 0.1) is 18.1 Å². The summed E-state index contributed by atoms with van der Waals surface area (Å²) in [5, 5.41) is 13.6. The Kier molecular flexibility index (Phi) is 8.02. The molecule has 0 aliphatic heterocycles. The summed E-state index contributed by atoms with van der Waals surface area (Å²) in [5.74, 6) is 0.867. The van der Waals surface area contributed by atoms with E-state index in [0.717, 1.165) is 12.8 Å². The van der Waals surface area contributed by atoms with Crippen LogP contribution >= 0.6 is 0 Å². The molecule has 0 spiro atoms. The monoisotopic (exact) mass is 384 g/mol. The van der Waals surface area contributed by atoms with Gasteiger partial charge in [0.1, 0.15) is 0 Å². The summed E-state index contributed by atoms with van der Waals surface area (Å²) in [6, 6.07) is 11.3. The third kappa shape index (κ3) is 6.42. The molecule has 0 radical (unpaired) electrons. The molecule has 2 rings (SSSR count). The smallest absolute Gasteiger partial charge is 0.270 e. The Morgan fingerprint density at radius 1 is 1.07 bits per heavy atom. The van der Waals surface area contributed by atoms with E-state index in [9.17, 15) is 14.9 Å². The molecule has 28 heavy (non-hydrogen) atoms. The van der Waals surface area contributed by atoms with Crippen LogP contribution in [0.3, 0.4) is 0 Å². The van der Waals surface area contributed by atoms with Gasteiger partial charge in [0.2, 0.25) is 5.91 Å². The van der Waals surface area contributed by atoms with Crippen LogP contribution in [-0.2, 0) is 4.79 Å². The lowest BCUT2D eigenvalue weighted by Crippen LogP contribution is -2.08. The molecule has 0 aliphatic rings. The van der Waals surface area contributed by atoms with E-state index in [4.69, 9.17) is 9.47 Å². The number of rotatable bonds is 10. The molecule has 2 aromatic carbocycles. The van der Waals surface area contributed by atoms with Gasteiger partial charge < -0.3 is 14.8 Å². The first kappa shape index (κ1) is 21.0. The van der Waals surface area contributed by atoms with Gasteiger partial charge in [-0.1, -0.05) is 26.0 Å². The van der Waals surface area contributed by atoms with Crippen LogP contribution in [0.1, 0.15) is 32.3 Å². The number of carbonyl (C=O) groups excluding carboxylic acids is 1. The SMILES string of the molecule is CCCOc1ccc(NC(=O)/C=C/c2cccc([N+](=O)[O-])c2)cc1OCCC. The Morgan fingerprint density at radius 2 is 1.79 bits per heavy atom. The largest absolute Gasteiger partial charge is 0.490 e. The number of ether oxygens (including phenoxy) is 2. The minimum absolute atomic E-state index is 0.0251. The molecular weight excluding hydrogens is 360 g/mol. The van der Waals surface area contributed by atoms with E-state index in [0.29, 0.717) is 36.0 Å². The van der Waals surface area contributed by atoms with Crippen LogP contribution in [0.5, 0.6) is 11.5 Å². The van der Waals surface area contributed by atoms with Crippen LogP contribution in [0.25, 0.3) is 6.08 Å². The maximum absolute atomic E-state index is 12.2. The normalized spacial score (nSPS) is 10.6. The number of benzene rings is 2. The van der Waals surface area contributed by atoms with E-state index in [2.05, 4.69) is 5.32 Å². The fraction of sp³-hybridized carbons (Fsp3) is 0.286. The maximum Gasteiger partial charge on any atom is 0.270 e. The highest BCUT2D eigenvalue weighted by Gasteiger charge is 2.08. The summed E-state index contributed by atoms with van der Waals surface area (Å²) in [6.07, 6.45) is 4.59. The van der Waals surface area contributed by atoms with Gasteiger partial charge in [0.15, 0.2) is 11.5 Å². The highest BCUT2D eigenvalue weighted by molar-refractivity contribution is 6.02. The first-order valence-electron chi connectivity index (χ1n) is 9.16. The van der Waals surface area contributed by atoms with E-state index in [1.807, 2.05) is 13.8 Å². The standard InChI is InChI=1S/C21H24N2O5/c1-3-12-27-19-10-9-17(15-20(19)28-13-4-2)22-21(24)11-8-16-6-5-7-18(14-16)23(25)26/h5-11,14-15H,3-4,12-13H2,1-2H3,(H,22,24)/b11-8+. The summed E-state index contributed by atoms with van der Waals surface area (Å²) >= 11 is 0. The molecule has 0 atom stereocenters. The number of nitro benzene ring substituents is 1. The molecule has 7 heteroatoms. The molecular formula is C21H24N2O5. The lowest BCUT2D eigenvalue weighted by atomic mass is 10.2. The van der Waals surface area contributed by atoms with Crippen molar-refractivity contribution in [1.82, 2.24) is 0 Å². The van der Waals surface area contributed by atoms with Crippen LogP contribution in [0.15, 0.2) is 48.5 Å². The van der Waals surface area contributed by atoms with Crippen molar-refractivity contribution >= 4 is 23.4 Å². The van der Waals surface area contributed by atoms with Crippen molar-refractivity contribution in [2.24, 2.45) is 0 Å². The topological polar surface area (TPSA) is 90.7 Å². The molecule has 7 nitrogen and oxygen atoms in total. The number of amides is 1. The molecule has 1 amide bonds.